The van der Waals surface area contributed by atoms with E-state index in [4.69, 9.17) is 15.9 Å². The minimum absolute atomic E-state index is 0. The molecule has 0 saturated carbocycles. The number of nitrogens with two attached hydrogens (primary N) is 1. The molecule has 1 unspecified atom stereocenters. The number of nitrogen functional groups attached to an aromatic ring is 1. The van der Waals surface area contributed by atoms with Gasteiger partial charge < -0.3 is 25.4 Å². The molecule has 12 heteroatoms. The third-order valence-corrected chi connectivity index (χ3v) is 7.20. The fourth-order valence-electron chi connectivity index (χ4n) is 5.05. The highest BCUT2D eigenvalue weighted by atomic mass is 35.5. The summed E-state index contributed by atoms with van der Waals surface area (Å²) in [4.78, 5) is 31.5. The second kappa shape index (κ2) is 16.9. The number of hydrogen-bond donors (Lipinski definition) is 3. The van der Waals surface area contributed by atoms with Gasteiger partial charge in [0.25, 0.3) is 0 Å². The van der Waals surface area contributed by atoms with Gasteiger partial charge in [-0.15, -0.1) is 37.2 Å². The number of likely N-dealkylation sites (tertiary alicyclic amines) is 2. The maximum absolute atomic E-state index is 13.7. The van der Waals surface area contributed by atoms with Crippen LogP contribution in [-0.4, -0.2) is 96.0 Å². The number of halogens is 3. The number of amides is 1. The van der Waals surface area contributed by atoms with E-state index in [0.717, 1.165) is 45.2 Å². The van der Waals surface area contributed by atoms with E-state index in [1.165, 1.54) is 0 Å². The maximum atomic E-state index is 13.7. The fraction of sp³-hybridized carbons (Fsp3) is 0.640. The first-order valence-corrected chi connectivity index (χ1v) is 12.3. The third kappa shape index (κ3) is 10.1. The number of carbonyl (C=O) groups is 2. The van der Waals surface area contributed by atoms with Crippen molar-refractivity contribution in [3.8, 4) is 5.75 Å². The molecule has 0 aliphatic carbocycles. The summed E-state index contributed by atoms with van der Waals surface area (Å²) >= 11 is 0. The summed E-state index contributed by atoms with van der Waals surface area (Å²) in [7, 11) is 4.00. The molecule has 4 N–H and O–H groups in total. The monoisotopic (exact) mass is 581 g/mol. The SMILES string of the molecule is CN1CCC(N(C)[C@@H](CC(=O)O)C(=O)N2CCCCC2CCOc2ccc(C(=N)N)cc2)CC1.Cl.Cl.Cl. The van der Waals surface area contributed by atoms with E-state index in [-0.39, 0.29) is 67.5 Å². The van der Waals surface area contributed by atoms with Crippen LogP contribution >= 0.6 is 37.2 Å². The number of piperidine rings is 2. The van der Waals surface area contributed by atoms with Crippen LogP contribution in [0.2, 0.25) is 0 Å². The summed E-state index contributed by atoms with van der Waals surface area (Å²) in [5, 5.41) is 17.0. The number of benzene rings is 1. The normalized spacial score (nSPS) is 19.1. The lowest BCUT2D eigenvalue weighted by Crippen LogP contribution is -2.56. The lowest BCUT2D eigenvalue weighted by Gasteiger charge is -2.43. The van der Waals surface area contributed by atoms with Gasteiger partial charge in [0.1, 0.15) is 11.6 Å². The van der Waals surface area contributed by atoms with Crippen molar-refractivity contribution in [3.63, 3.8) is 0 Å². The van der Waals surface area contributed by atoms with E-state index in [1.807, 2.05) is 16.8 Å². The Labute approximate surface area is 238 Å². The molecular weight excluding hydrogens is 541 g/mol. The van der Waals surface area contributed by atoms with E-state index in [2.05, 4.69) is 11.9 Å². The zero-order valence-corrected chi connectivity index (χ0v) is 24.1. The summed E-state index contributed by atoms with van der Waals surface area (Å²) in [6.45, 7) is 3.04. The summed E-state index contributed by atoms with van der Waals surface area (Å²) in [5.74, 6) is -0.295. The number of amidine groups is 1. The molecule has 0 bridgehead atoms. The Kier molecular flexibility index (Phi) is 16.1. The Hall–Kier alpha value is -1.78. The van der Waals surface area contributed by atoms with Crippen molar-refractivity contribution in [3.05, 3.63) is 29.8 Å². The van der Waals surface area contributed by atoms with Crippen molar-refractivity contribution in [1.82, 2.24) is 14.7 Å². The average molecular weight is 583 g/mol. The van der Waals surface area contributed by atoms with Gasteiger partial charge >= 0.3 is 5.97 Å². The van der Waals surface area contributed by atoms with E-state index >= 15 is 0 Å². The number of ether oxygens (including phenoxy) is 1. The molecule has 0 spiro atoms. The molecule has 3 rings (SSSR count). The van der Waals surface area contributed by atoms with Gasteiger partial charge in [0.2, 0.25) is 5.91 Å². The standard InChI is InChI=1S/C25H39N5O4.3ClH/c1-28-14-10-19(11-15-28)29(2)22(17-23(31)32)25(33)30-13-4-3-5-20(30)12-16-34-21-8-6-18(7-9-21)24(26)27;;;/h6-9,19-20,22H,3-5,10-17H2,1-2H3,(H3,26,27)(H,31,32);3*1H/t20?,22-;;;/m0.../s1. The first-order chi connectivity index (χ1) is 16.3. The molecular formula is C25H42Cl3N5O4. The second-order valence-corrected chi connectivity index (χ2v) is 9.57. The van der Waals surface area contributed by atoms with Gasteiger partial charge in [-0.1, -0.05) is 0 Å². The minimum Gasteiger partial charge on any atom is -0.494 e. The average Bonchev–Trinajstić information content (AvgIpc) is 2.83. The molecule has 37 heavy (non-hydrogen) atoms. The van der Waals surface area contributed by atoms with E-state index in [9.17, 15) is 14.7 Å². The van der Waals surface area contributed by atoms with Gasteiger partial charge in [0, 0.05) is 30.6 Å². The number of carboxylic acids is 1. The molecule has 2 aliphatic heterocycles. The predicted molar refractivity (Wildman–Crippen MR) is 153 cm³/mol. The topological polar surface area (TPSA) is 123 Å². The second-order valence-electron chi connectivity index (χ2n) is 9.57. The molecule has 0 aromatic heterocycles. The van der Waals surface area contributed by atoms with Gasteiger partial charge in [-0.25, -0.2) is 0 Å². The molecule has 212 valence electrons. The van der Waals surface area contributed by atoms with E-state index < -0.39 is 12.0 Å². The largest absolute Gasteiger partial charge is 0.494 e. The van der Waals surface area contributed by atoms with Gasteiger partial charge in [0.05, 0.1) is 19.1 Å². The Balaban J connectivity index is 0.00000432. The van der Waals surface area contributed by atoms with Crippen LogP contribution in [0.15, 0.2) is 24.3 Å². The first kappa shape index (κ1) is 35.2. The molecule has 1 aromatic carbocycles. The van der Waals surface area contributed by atoms with Crippen LogP contribution in [0.3, 0.4) is 0 Å². The predicted octanol–water partition coefficient (Wildman–Crippen LogP) is 3.26. The molecule has 1 amide bonds. The molecule has 2 atom stereocenters. The highest BCUT2D eigenvalue weighted by molar-refractivity contribution is 5.95. The molecule has 9 nitrogen and oxygen atoms in total. The van der Waals surface area contributed by atoms with Gasteiger partial charge in [-0.05, 0) is 83.6 Å². The molecule has 0 radical (unpaired) electrons. The third-order valence-electron chi connectivity index (χ3n) is 7.20. The number of nitrogens with zero attached hydrogens (tertiary/aromatic N) is 3. The van der Waals surface area contributed by atoms with Crippen molar-refractivity contribution < 1.29 is 19.4 Å². The number of aliphatic carboxylic acids is 1. The number of rotatable bonds is 10. The van der Waals surface area contributed by atoms with Crippen molar-refractivity contribution in [2.45, 2.75) is 63.1 Å². The molecule has 2 fully saturated rings. The van der Waals surface area contributed by atoms with Gasteiger partial charge in [-0.3, -0.25) is 19.9 Å². The van der Waals surface area contributed by atoms with Crippen LogP contribution in [0.4, 0.5) is 0 Å². The summed E-state index contributed by atoms with van der Waals surface area (Å²) < 4.78 is 5.89. The van der Waals surface area contributed by atoms with Crippen LogP contribution < -0.4 is 10.5 Å². The Morgan fingerprint density at radius 3 is 2.30 bits per heavy atom. The van der Waals surface area contributed by atoms with Gasteiger partial charge in [0.15, 0.2) is 0 Å². The van der Waals surface area contributed by atoms with Crippen molar-refractivity contribution >= 4 is 54.9 Å². The Morgan fingerprint density at radius 1 is 1.11 bits per heavy atom. The lowest BCUT2D eigenvalue weighted by atomic mass is 9.96. The summed E-state index contributed by atoms with van der Waals surface area (Å²) in [6, 6.07) is 6.70. The quantitative estimate of drug-likeness (QED) is 0.286. The maximum Gasteiger partial charge on any atom is 0.305 e. The molecule has 1 aromatic rings. The van der Waals surface area contributed by atoms with E-state index in [0.29, 0.717) is 30.9 Å². The van der Waals surface area contributed by atoms with Gasteiger partial charge in [-0.2, -0.15) is 0 Å². The first-order valence-electron chi connectivity index (χ1n) is 12.3. The summed E-state index contributed by atoms with van der Waals surface area (Å²) in [5.41, 5.74) is 6.14. The summed E-state index contributed by atoms with van der Waals surface area (Å²) in [6.07, 6.45) is 5.29. The van der Waals surface area contributed by atoms with Crippen LogP contribution in [0.5, 0.6) is 5.75 Å². The zero-order chi connectivity index (χ0) is 24.7. The van der Waals surface area contributed by atoms with Crippen LogP contribution in [0.25, 0.3) is 0 Å². The minimum atomic E-state index is -0.941. The number of carbonyl (C=O) groups excluding carboxylic acids is 1. The number of carboxylic acid groups (broad SMARTS) is 1. The molecule has 2 heterocycles. The van der Waals surface area contributed by atoms with Crippen molar-refractivity contribution in [2.75, 3.05) is 40.3 Å². The highest BCUT2D eigenvalue weighted by Gasteiger charge is 2.37. The molecule has 2 saturated heterocycles. The zero-order valence-electron chi connectivity index (χ0n) is 21.6. The smallest absolute Gasteiger partial charge is 0.305 e. The lowest BCUT2D eigenvalue weighted by molar-refractivity contribution is -0.149. The van der Waals surface area contributed by atoms with Crippen molar-refractivity contribution in [1.29, 1.82) is 5.41 Å². The van der Waals surface area contributed by atoms with Crippen LogP contribution in [-0.2, 0) is 9.59 Å². The number of hydrogen-bond acceptors (Lipinski definition) is 6. The van der Waals surface area contributed by atoms with Crippen LogP contribution in [0.1, 0.15) is 50.5 Å². The highest BCUT2D eigenvalue weighted by Crippen LogP contribution is 2.25. The number of nitrogens with one attached hydrogen (secondary N) is 1. The molecule has 2 aliphatic rings. The Bertz CT molecular complexity index is 853. The fourth-order valence-corrected chi connectivity index (χ4v) is 5.05. The van der Waals surface area contributed by atoms with Crippen molar-refractivity contribution in [2.24, 2.45) is 5.73 Å². The Morgan fingerprint density at radius 2 is 1.73 bits per heavy atom. The number of likely N-dealkylation sites (N-methyl/N-ethyl adjacent to an activating group) is 1. The van der Waals surface area contributed by atoms with Crippen LogP contribution in [0, 0.1) is 5.41 Å². The van der Waals surface area contributed by atoms with E-state index in [1.54, 1.807) is 24.3 Å².